The summed E-state index contributed by atoms with van der Waals surface area (Å²) in [6.07, 6.45) is 0. The van der Waals surface area contributed by atoms with Gasteiger partial charge in [0.05, 0.1) is 10.7 Å². The van der Waals surface area contributed by atoms with Crippen LogP contribution in [0.3, 0.4) is 0 Å². The average molecular weight is 509 g/mol. The first-order valence-corrected chi connectivity index (χ1v) is 10.1. The molecule has 160 valence electrons. The third kappa shape index (κ3) is 5.70. The number of hydrogen-bond acceptors (Lipinski definition) is 9. The number of nitrogens with zero attached hydrogens (tertiary/aromatic N) is 2. The van der Waals surface area contributed by atoms with Crippen molar-refractivity contribution in [3.63, 3.8) is 0 Å². The number of benzene rings is 1. The molecular formula is C17H13BrN6O6S. The second kappa shape index (κ2) is 9.44. The highest BCUT2D eigenvalue weighted by molar-refractivity contribution is 9.10. The second-order valence-electron chi connectivity index (χ2n) is 5.83. The molecule has 0 aliphatic carbocycles. The smallest absolute Gasteiger partial charge is 0.291 e. The van der Waals surface area contributed by atoms with E-state index in [4.69, 9.17) is 10.2 Å². The first-order chi connectivity index (χ1) is 14.7. The van der Waals surface area contributed by atoms with E-state index in [0.717, 1.165) is 11.8 Å². The van der Waals surface area contributed by atoms with Crippen molar-refractivity contribution < 1.29 is 18.9 Å². The zero-order valence-electron chi connectivity index (χ0n) is 15.4. The van der Waals surface area contributed by atoms with Gasteiger partial charge in [0.25, 0.3) is 17.2 Å². The number of non-ortho nitro benzene ring substituents is 1. The Morgan fingerprint density at radius 2 is 2.06 bits per heavy atom. The number of aromatic amines is 1. The number of hydrogen-bond donors (Lipinski definition) is 4. The van der Waals surface area contributed by atoms with Crippen LogP contribution >= 0.6 is 27.7 Å². The first kappa shape index (κ1) is 22.0. The quantitative estimate of drug-likeness (QED) is 0.161. The molecule has 3 aromatic rings. The lowest BCUT2D eigenvalue weighted by atomic mass is 10.3. The molecule has 0 spiro atoms. The van der Waals surface area contributed by atoms with Gasteiger partial charge >= 0.3 is 0 Å². The topological polar surface area (TPSA) is 186 Å². The minimum absolute atomic E-state index is 0.0399. The molecular weight excluding hydrogens is 496 g/mol. The molecule has 0 aliphatic heterocycles. The molecule has 2 aromatic heterocycles. The zero-order valence-corrected chi connectivity index (χ0v) is 17.8. The van der Waals surface area contributed by atoms with Crippen molar-refractivity contribution in [2.75, 3.05) is 22.1 Å². The number of nitro benzene ring substituents is 1. The summed E-state index contributed by atoms with van der Waals surface area (Å²) >= 11 is 3.95. The van der Waals surface area contributed by atoms with Gasteiger partial charge in [-0.2, -0.15) is 0 Å². The fourth-order valence-electron chi connectivity index (χ4n) is 2.30. The van der Waals surface area contributed by atoms with Crippen molar-refractivity contribution >= 4 is 62.4 Å². The van der Waals surface area contributed by atoms with E-state index >= 15 is 0 Å². The molecule has 0 radical (unpaired) electrons. The summed E-state index contributed by atoms with van der Waals surface area (Å²) in [4.78, 5) is 53.0. The average Bonchev–Trinajstić information content (AvgIpc) is 3.15. The molecule has 0 atom stereocenters. The Morgan fingerprint density at radius 3 is 2.71 bits per heavy atom. The van der Waals surface area contributed by atoms with Crippen LogP contribution < -0.4 is 21.9 Å². The summed E-state index contributed by atoms with van der Waals surface area (Å²) in [7, 11) is 0. The van der Waals surface area contributed by atoms with Crippen LogP contribution in [0.4, 0.5) is 22.9 Å². The standard InChI is InChI=1S/C17H13BrN6O6S/c18-11-5-4-10(30-11)15(26)21-13-14(19)22-17(23-16(13)27)31-7-12(25)20-8-2-1-3-9(6-8)24(28)29/h1-6H,7H2,(H,20,25)(H,21,26)(H3,19,22,23,27). The fourth-order valence-corrected chi connectivity index (χ4v) is 3.27. The van der Waals surface area contributed by atoms with Crippen LogP contribution in [-0.2, 0) is 4.79 Å². The minimum Gasteiger partial charge on any atom is -0.444 e. The lowest BCUT2D eigenvalue weighted by Gasteiger charge is -2.08. The Balaban J connectivity index is 1.63. The van der Waals surface area contributed by atoms with Gasteiger partial charge in [-0.3, -0.25) is 29.5 Å². The Morgan fingerprint density at radius 1 is 1.29 bits per heavy atom. The maximum atomic E-state index is 12.3. The van der Waals surface area contributed by atoms with Crippen LogP contribution in [0.1, 0.15) is 10.6 Å². The minimum atomic E-state index is -0.715. The van der Waals surface area contributed by atoms with Crippen molar-refractivity contribution in [2.24, 2.45) is 0 Å². The van der Waals surface area contributed by atoms with Crippen molar-refractivity contribution in [1.82, 2.24) is 9.97 Å². The molecule has 3 rings (SSSR count). The van der Waals surface area contributed by atoms with Gasteiger partial charge in [0.2, 0.25) is 5.91 Å². The summed E-state index contributed by atoms with van der Waals surface area (Å²) < 4.78 is 5.44. The number of amides is 2. The van der Waals surface area contributed by atoms with Crippen molar-refractivity contribution in [1.29, 1.82) is 0 Å². The summed E-state index contributed by atoms with van der Waals surface area (Å²) in [5, 5.41) is 15.7. The van der Waals surface area contributed by atoms with E-state index in [9.17, 15) is 24.5 Å². The number of carbonyl (C=O) groups is 2. The number of aromatic nitrogens is 2. The van der Waals surface area contributed by atoms with Crippen molar-refractivity contribution in [3.8, 4) is 0 Å². The number of H-pyrrole nitrogens is 1. The first-order valence-electron chi connectivity index (χ1n) is 8.36. The number of rotatable bonds is 7. The molecule has 0 aliphatic rings. The second-order valence-corrected chi connectivity index (χ2v) is 7.58. The molecule has 31 heavy (non-hydrogen) atoms. The highest BCUT2D eigenvalue weighted by atomic mass is 79.9. The summed E-state index contributed by atoms with van der Waals surface area (Å²) in [5.74, 6) is -1.61. The van der Waals surface area contributed by atoms with Gasteiger partial charge in [0.1, 0.15) is 0 Å². The lowest BCUT2D eigenvalue weighted by molar-refractivity contribution is -0.384. The van der Waals surface area contributed by atoms with Gasteiger partial charge in [-0.05, 0) is 34.1 Å². The number of anilines is 3. The van der Waals surface area contributed by atoms with E-state index in [1.165, 1.54) is 36.4 Å². The Hall–Kier alpha value is -3.65. The van der Waals surface area contributed by atoms with Crippen LogP contribution in [0.5, 0.6) is 0 Å². The van der Waals surface area contributed by atoms with Gasteiger partial charge in [0.15, 0.2) is 27.1 Å². The van der Waals surface area contributed by atoms with Gasteiger partial charge in [0, 0.05) is 17.8 Å². The lowest BCUT2D eigenvalue weighted by Crippen LogP contribution is -2.23. The number of nitrogens with one attached hydrogen (secondary N) is 3. The fraction of sp³-hybridized carbons (Fsp3) is 0.0588. The number of furan rings is 1. The molecule has 0 saturated carbocycles. The Kier molecular flexibility index (Phi) is 6.71. The molecule has 2 amide bonds. The van der Waals surface area contributed by atoms with E-state index in [1.54, 1.807) is 0 Å². The molecule has 14 heteroatoms. The molecule has 0 bridgehead atoms. The highest BCUT2D eigenvalue weighted by Crippen LogP contribution is 2.20. The van der Waals surface area contributed by atoms with Crippen LogP contribution in [0.25, 0.3) is 0 Å². The van der Waals surface area contributed by atoms with Crippen LogP contribution in [0.15, 0.2) is 55.4 Å². The molecule has 0 unspecified atom stereocenters. The van der Waals surface area contributed by atoms with Crippen LogP contribution in [-0.4, -0.2) is 32.5 Å². The molecule has 1 aromatic carbocycles. The molecule has 5 N–H and O–H groups in total. The van der Waals surface area contributed by atoms with E-state index in [1.807, 2.05) is 0 Å². The largest absolute Gasteiger partial charge is 0.444 e. The zero-order chi connectivity index (χ0) is 22.5. The third-order valence-corrected chi connectivity index (χ3v) is 4.94. The summed E-state index contributed by atoms with van der Waals surface area (Å²) in [5.41, 5.74) is 4.88. The molecule has 12 nitrogen and oxygen atoms in total. The van der Waals surface area contributed by atoms with E-state index in [-0.39, 0.29) is 39.5 Å². The van der Waals surface area contributed by atoms with Crippen LogP contribution in [0, 0.1) is 10.1 Å². The maximum absolute atomic E-state index is 12.3. The van der Waals surface area contributed by atoms with Crippen molar-refractivity contribution in [2.45, 2.75) is 5.16 Å². The predicted molar refractivity (Wildman–Crippen MR) is 116 cm³/mol. The van der Waals surface area contributed by atoms with E-state index in [0.29, 0.717) is 4.67 Å². The number of halogens is 1. The Labute approximate surface area is 185 Å². The van der Waals surface area contributed by atoms with Gasteiger partial charge < -0.3 is 20.8 Å². The monoisotopic (exact) mass is 508 g/mol. The number of thioether (sulfide) groups is 1. The summed E-state index contributed by atoms with van der Waals surface area (Å²) in [6.45, 7) is 0. The van der Waals surface area contributed by atoms with Gasteiger partial charge in [-0.25, -0.2) is 4.98 Å². The van der Waals surface area contributed by atoms with Crippen molar-refractivity contribution in [3.05, 3.63) is 67.3 Å². The highest BCUT2D eigenvalue weighted by Gasteiger charge is 2.17. The summed E-state index contributed by atoms with van der Waals surface area (Å²) in [6, 6.07) is 8.38. The number of nitrogens with two attached hydrogens (primary N) is 1. The van der Waals surface area contributed by atoms with Gasteiger partial charge in [-0.1, -0.05) is 17.8 Å². The third-order valence-electron chi connectivity index (χ3n) is 3.64. The molecule has 0 saturated heterocycles. The van der Waals surface area contributed by atoms with Gasteiger partial charge in [-0.15, -0.1) is 0 Å². The van der Waals surface area contributed by atoms with E-state index in [2.05, 4.69) is 36.5 Å². The normalized spacial score (nSPS) is 10.5. The molecule has 2 heterocycles. The number of nitro groups is 1. The number of carbonyl (C=O) groups excluding carboxylic acids is 2. The maximum Gasteiger partial charge on any atom is 0.291 e. The van der Waals surface area contributed by atoms with E-state index < -0.39 is 22.3 Å². The number of nitrogen functional groups attached to an aromatic ring is 1. The Bertz CT molecular complexity index is 1230. The SMILES string of the molecule is Nc1nc(SCC(=O)Nc2cccc([N+](=O)[O-])c2)[nH]c(=O)c1NC(=O)c1ccc(Br)o1. The molecule has 0 fully saturated rings. The van der Waals surface area contributed by atoms with Crippen LogP contribution in [0.2, 0.25) is 0 Å². The predicted octanol–water partition coefficient (Wildman–Crippen LogP) is 2.60.